The highest BCUT2D eigenvalue weighted by molar-refractivity contribution is 5.74. The molecule has 4 heteroatoms. The number of hydrogen-bond donors (Lipinski definition) is 2. The van der Waals surface area contributed by atoms with Gasteiger partial charge in [-0.05, 0) is 43.4 Å². The monoisotopic (exact) mass is 286 g/mol. The van der Waals surface area contributed by atoms with Crippen LogP contribution in [-0.2, 0) is 12.8 Å². The average Bonchev–Trinajstić information content (AvgIpc) is 2.97. The van der Waals surface area contributed by atoms with Gasteiger partial charge in [0.05, 0.1) is 12.5 Å². The zero-order valence-electron chi connectivity index (χ0n) is 12.3. The second kappa shape index (κ2) is 8.15. The zero-order valence-corrected chi connectivity index (χ0v) is 12.3. The number of carbonyl (C=O) groups excluding carboxylic acids is 1. The van der Waals surface area contributed by atoms with Gasteiger partial charge in [0, 0.05) is 12.6 Å². The molecular formula is C17H22N2O2. The first-order valence-electron chi connectivity index (χ1n) is 7.33. The molecule has 1 atom stereocenters. The van der Waals surface area contributed by atoms with Gasteiger partial charge < -0.3 is 15.1 Å². The van der Waals surface area contributed by atoms with Crippen LogP contribution in [0.15, 0.2) is 53.3 Å². The van der Waals surface area contributed by atoms with Crippen LogP contribution in [0.5, 0.6) is 0 Å². The van der Waals surface area contributed by atoms with E-state index >= 15 is 0 Å². The molecule has 0 bridgehead atoms. The maximum atomic E-state index is 11.7. The summed E-state index contributed by atoms with van der Waals surface area (Å²) in [4.78, 5) is 11.7. The molecule has 1 aromatic carbocycles. The van der Waals surface area contributed by atoms with Crippen molar-refractivity contribution in [2.45, 2.75) is 32.2 Å². The Morgan fingerprint density at radius 1 is 1.19 bits per heavy atom. The van der Waals surface area contributed by atoms with Crippen LogP contribution >= 0.6 is 0 Å². The quantitative estimate of drug-likeness (QED) is 0.768. The van der Waals surface area contributed by atoms with Gasteiger partial charge in [-0.25, -0.2) is 4.79 Å². The number of rotatable bonds is 7. The van der Waals surface area contributed by atoms with Crippen molar-refractivity contribution in [1.29, 1.82) is 0 Å². The van der Waals surface area contributed by atoms with Crippen LogP contribution in [0.25, 0.3) is 0 Å². The Morgan fingerprint density at radius 3 is 2.71 bits per heavy atom. The number of amides is 2. The topological polar surface area (TPSA) is 54.3 Å². The smallest absolute Gasteiger partial charge is 0.315 e. The fraction of sp³-hybridized carbons (Fsp3) is 0.353. The standard InChI is InChI=1S/C17H22N2O2/c1-14(12-16-9-11-21-13-16)19-17(20)18-10-5-8-15-6-3-2-4-7-15/h2-4,6-7,9,11,13-14H,5,8,10,12H2,1H3,(H2,18,19,20)/t14-/m1/s1. The van der Waals surface area contributed by atoms with E-state index in [4.69, 9.17) is 4.42 Å². The molecule has 0 aliphatic rings. The van der Waals surface area contributed by atoms with E-state index in [2.05, 4.69) is 22.8 Å². The van der Waals surface area contributed by atoms with Gasteiger partial charge in [0.1, 0.15) is 0 Å². The van der Waals surface area contributed by atoms with E-state index in [0.29, 0.717) is 6.54 Å². The molecule has 0 unspecified atom stereocenters. The Kier molecular flexibility index (Phi) is 5.88. The minimum Gasteiger partial charge on any atom is -0.472 e. The molecule has 0 aliphatic heterocycles. The van der Waals surface area contributed by atoms with Gasteiger partial charge in [0.2, 0.25) is 0 Å². The molecule has 2 N–H and O–H groups in total. The van der Waals surface area contributed by atoms with Crippen LogP contribution in [-0.4, -0.2) is 18.6 Å². The van der Waals surface area contributed by atoms with Gasteiger partial charge in [-0.1, -0.05) is 30.3 Å². The van der Waals surface area contributed by atoms with Crippen molar-refractivity contribution < 1.29 is 9.21 Å². The minimum absolute atomic E-state index is 0.0803. The lowest BCUT2D eigenvalue weighted by Gasteiger charge is -2.13. The van der Waals surface area contributed by atoms with E-state index in [0.717, 1.165) is 24.8 Å². The highest BCUT2D eigenvalue weighted by Gasteiger charge is 2.08. The fourth-order valence-corrected chi connectivity index (χ4v) is 2.23. The van der Waals surface area contributed by atoms with Crippen LogP contribution in [0.1, 0.15) is 24.5 Å². The summed E-state index contributed by atoms with van der Waals surface area (Å²) in [6.45, 7) is 2.66. The number of aryl methyl sites for hydroxylation is 1. The van der Waals surface area contributed by atoms with Crippen LogP contribution in [0.3, 0.4) is 0 Å². The van der Waals surface area contributed by atoms with Crippen molar-refractivity contribution in [3.63, 3.8) is 0 Å². The third kappa shape index (κ3) is 5.73. The van der Waals surface area contributed by atoms with E-state index in [9.17, 15) is 4.79 Å². The van der Waals surface area contributed by atoms with E-state index in [-0.39, 0.29) is 12.1 Å². The van der Waals surface area contributed by atoms with Gasteiger partial charge in [0.15, 0.2) is 0 Å². The van der Waals surface area contributed by atoms with Crippen LogP contribution in [0.2, 0.25) is 0 Å². The summed E-state index contributed by atoms with van der Waals surface area (Å²) in [6, 6.07) is 12.2. The lowest BCUT2D eigenvalue weighted by atomic mass is 10.1. The number of benzene rings is 1. The first kappa shape index (κ1) is 15.2. The van der Waals surface area contributed by atoms with Crippen molar-refractivity contribution in [3.8, 4) is 0 Å². The molecule has 4 nitrogen and oxygen atoms in total. The predicted octanol–water partition coefficient (Wildman–Crippen LogP) is 3.14. The lowest BCUT2D eigenvalue weighted by Crippen LogP contribution is -2.42. The summed E-state index contributed by atoms with van der Waals surface area (Å²) in [7, 11) is 0. The Hall–Kier alpha value is -2.23. The molecule has 1 aromatic heterocycles. The van der Waals surface area contributed by atoms with Crippen molar-refractivity contribution in [3.05, 3.63) is 60.1 Å². The van der Waals surface area contributed by atoms with Gasteiger partial charge in [0.25, 0.3) is 0 Å². The Balaban J connectivity index is 1.59. The summed E-state index contributed by atoms with van der Waals surface area (Å²) >= 11 is 0. The van der Waals surface area contributed by atoms with Crippen LogP contribution in [0.4, 0.5) is 4.79 Å². The maximum absolute atomic E-state index is 11.7. The predicted molar refractivity (Wildman–Crippen MR) is 83.2 cm³/mol. The van der Waals surface area contributed by atoms with Crippen LogP contribution in [0, 0.1) is 0 Å². The van der Waals surface area contributed by atoms with Gasteiger partial charge in [-0.15, -0.1) is 0 Å². The van der Waals surface area contributed by atoms with E-state index in [1.54, 1.807) is 12.5 Å². The molecule has 0 fully saturated rings. The van der Waals surface area contributed by atoms with E-state index in [1.165, 1.54) is 5.56 Å². The largest absolute Gasteiger partial charge is 0.472 e. The summed E-state index contributed by atoms with van der Waals surface area (Å²) < 4.78 is 5.01. The SMILES string of the molecule is C[C@H](Cc1ccoc1)NC(=O)NCCCc1ccccc1. The number of nitrogens with one attached hydrogen (secondary N) is 2. The lowest BCUT2D eigenvalue weighted by molar-refractivity contribution is 0.237. The maximum Gasteiger partial charge on any atom is 0.315 e. The first-order chi connectivity index (χ1) is 10.2. The summed E-state index contributed by atoms with van der Waals surface area (Å²) in [5, 5.41) is 5.82. The molecule has 0 aliphatic carbocycles. The third-order valence-electron chi connectivity index (χ3n) is 3.27. The second-order valence-corrected chi connectivity index (χ2v) is 5.23. The van der Waals surface area contributed by atoms with Crippen molar-refractivity contribution in [2.75, 3.05) is 6.54 Å². The highest BCUT2D eigenvalue weighted by Crippen LogP contribution is 2.04. The van der Waals surface area contributed by atoms with Gasteiger partial charge in [-0.3, -0.25) is 0 Å². The van der Waals surface area contributed by atoms with Gasteiger partial charge in [-0.2, -0.15) is 0 Å². The molecule has 2 amide bonds. The summed E-state index contributed by atoms with van der Waals surface area (Å²) in [6.07, 6.45) is 6.04. The summed E-state index contributed by atoms with van der Waals surface area (Å²) in [5.74, 6) is 0. The second-order valence-electron chi connectivity index (χ2n) is 5.23. The van der Waals surface area contributed by atoms with Crippen molar-refractivity contribution in [1.82, 2.24) is 10.6 Å². The van der Waals surface area contributed by atoms with Crippen molar-refractivity contribution >= 4 is 6.03 Å². The number of furan rings is 1. The third-order valence-corrected chi connectivity index (χ3v) is 3.27. The minimum atomic E-state index is -0.112. The normalized spacial score (nSPS) is 11.9. The summed E-state index contributed by atoms with van der Waals surface area (Å²) in [5.41, 5.74) is 2.39. The molecular weight excluding hydrogens is 264 g/mol. The van der Waals surface area contributed by atoms with E-state index < -0.39 is 0 Å². The highest BCUT2D eigenvalue weighted by atomic mass is 16.3. The van der Waals surface area contributed by atoms with Crippen molar-refractivity contribution in [2.24, 2.45) is 0 Å². The molecule has 0 radical (unpaired) electrons. The fourth-order valence-electron chi connectivity index (χ4n) is 2.23. The molecule has 0 saturated carbocycles. The Labute approximate surface area is 125 Å². The average molecular weight is 286 g/mol. The molecule has 2 rings (SSSR count). The zero-order chi connectivity index (χ0) is 14.9. The van der Waals surface area contributed by atoms with Gasteiger partial charge >= 0.3 is 6.03 Å². The molecule has 2 aromatic rings. The Bertz CT molecular complexity index is 523. The number of urea groups is 1. The molecule has 0 spiro atoms. The van der Waals surface area contributed by atoms with Crippen LogP contribution < -0.4 is 10.6 Å². The molecule has 21 heavy (non-hydrogen) atoms. The number of carbonyl (C=O) groups is 1. The Morgan fingerprint density at radius 2 is 2.00 bits per heavy atom. The first-order valence-corrected chi connectivity index (χ1v) is 7.33. The van der Waals surface area contributed by atoms with E-state index in [1.807, 2.05) is 31.2 Å². The molecule has 1 heterocycles. The number of hydrogen-bond acceptors (Lipinski definition) is 2. The molecule has 112 valence electrons. The molecule has 0 saturated heterocycles.